The van der Waals surface area contributed by atoms with Crippen molar-refractivity contribution < 1.29 is 19.8 Å². The maximum atomic E-state index is 9.55. The first-order valence-electron chi connectivity index (χ1n) is 6.80. The second-order valence-corrected chi connectivity index (χ2v) is 5.92. The number of rotatable bonds is 3. The Morgan fingerprint density at radius 1 is 1.26 bits per heavy atom. The van der Waals surface area contributed by atoms with Gasteiger partial charge >= 0.3 is 11.9 Å². The third-order valence-electron chi connectivity index (χ3n) is 3.60. The molecule has 0 saturated carbocycles. The molecule has 0 aliphatic carbocycles. The maximum absolute atomic E-state index is 9.55. The summed E-state index contributed by atoms with van der Waals surface area (Å²) in [5.74, 6) is -1.72. The van der Waals surface area contributed by atoms with Gasteiger partial charge in [-0.1, -0.05) is 23.2 Å². The Morgan fingerprint density at radius 2 is 1.91 bits per heavy atom. The number of hydrogen-bond donors (Lipinski definition) is 3. The minimum atomic E-state index is -1.26. The monoisotopic (exact) mass is 359 g/mol. The molecule has 0 aromatic carbocycles. The molecular formula is C14H15Cl2N3O4. The fourth-order valence-corrected chi connectivity index (χ4v) is 2.65. The summed E-state index contributed by atoms with van der Waals surface area (Å²) >= 11 is 11.7. The number of aliphatic carboxylic acids is 2. The van der Waals surface area contributed by atoms with Crippen molar-refractivity contribution >= 4 is 40.8 Å². The zero-order chi connectivity index (χ0) is 17.0. The number of fused-ring (bicyclic) bond motifs is 1. The molecule has 0 bridgehead atoms. The average Bonchev–Trinajstić information content (AvgIpc) is 2.76. The molecule has 7 nitrogen and oxygen atoms in total. The van der Waals surface area contributed by atoms with E-state index in [-0.39, 0.29) is 0 Å². The zero-order valence-electron chi connectivity index (χ0n) is 11.9. The van der Waals surface area contributed by atoms with Crippen molar-refractivity contribution in [2.45, 2.75) is 6.04 Å². The number of hydrogen-bond acceptors (Lipinski definition) is 5. The number of carboxylic acids is 2. The van der Waals surface area contributed by atoms with Gasteiger partial charge in [0.1, 0.15) is 5.15 Å². The smallest absolute Gasteiger partial charge is 0.328 e. The lowest BCUT2D eigenvalue weighted by Crippen LogP contribution is -2.51. The van der Waals surface area contributed by atoms with Gasteiger partial charge in [-0.3, -0.25) is 0 Å². The summed E-state index contributed by atoms with van der Waals surface area (Å²) in [6, 6.07) is 2.54. The lowest BCUT2D eigenvalue weighted by Gasteiger charge is -2.29. The van der Waals surface area contributed by atoms with Gasteiger partial charge in [0, 0.05) is 43.7 Å². The predicted molar refractivity (Wildman–Crippen MR) is 86.2 cm³/mol. The number of pyridine rings is 1. The van der Waals surface area contributed by atoms with Crippen LogP contribution in [0.1, 0.15) is 0 Å². The van der Waals surface area contributed by atoms with Crippen molar-refractivity contribution in [1.29, 1.82) is 0 Å². The molecule has 23 heavy (non-hydrogen) atoms. The Bertz CT molecular complexity index is 610. The van der Waals surface area contributed by atoms with Crippen LogP contribution in [0.2, 0.25) is 10.2 Å². The molecule has 2 aliphatic heterocycles. The van der Waals surface area contributed by atoms with Crippen molar-refractivity contribution in [2.75, 3.05) is 24.5 Å². The molecule has 0 spiro atoms. The number of aromatic nitrogens is 1. The van der Waals surface area contributed by atoms with Gasteiger partial charge in [-0.2, -0.15) is 0 Å². The van der Waals surface area contributed by atoms with Gasteiger partial charge < -0.3 is 20.4 Å². The summed E-state index contributed by atoms with van der Waals surface area (Å²) in [5.41, 5.74) is 1.07. The van der Waals surface area contributed by atoms with Crippen LogP contribution in [0.25, 0.3) is 0 Å². The van der Waals surface area contributed by atoms with Crippen LogP contribution >= 0.6 is 23.2 Å². The highest BCUT2D eigenvalue weighted by molar-refractivity contribution is 6.41. The largest absolute Gasteiger partial charge is 0.478 e. The van der Waals surface area contributed by atoms with Gasteiger partial charge in [0.15, 0.2) is 0 Å². The lowest BCUT2D eigenvalue weighted by molar-refractivity contribution is -0.134. The average molecular weight is 360 g/mol. The molecule has 3 N–H and O–H groups in total. The number of anilines is 1. The quantitative estimate of drug-likeness (QED) is 0.555. The van der Waals surface area contributed by atoms with Crippen molar-refractivity contribution in [2.24, 2.45) is 5.92 Å². The SMILES string of the molecule is Clc1cc(N2C[C@@H]3CN[C@@H]3C2)cnc1Cl.O=C(O)/C=C\C(=O)O. The number of carboxylic acid groups (broad SMARTS) is 2. The molecule has 9 heteroatoms. The van der Waals surface area contributed by atoms with Gasteiger partial charge in [0.25, 0.3) is 0 Å². The molecule has 2 atom stereocenters. The predicted octanol–water partition coefficient (Wildman–Crippen LogP) is 1.51. The molecule has 0 unspecified atom stereocenters. The van der Waals surface area contributed by atoms with Crippen LogP contribution in [0, 0.1) is 5.92 Å². The lowest BCUT2D eigenvalue weighted by atomic mass is 9.96. The van der Waals surface area contributed by atoms with Gasteiger partial charge in [-0.05, 0) is 6.07 Å². The molecule has 3 heterocycles. The Balaban J connectivity index is 0.000000207. The van der Waals surface area contributed by atoms with E-state index < -0.39 is 11.9 Å². The van der Waals surface area contributed by atoms with E-state index in [1.165, 1.54) is 0 Å². The maximum Gasteiger partial charge on any atom is 0.328 e. The van der Waals surface area contributed by atoms with Gasteiger partial charge in [0.2, 0.25) is 0 Å². The first-order chi connectivity index (χ1) is 10.9. The van der Waals surface area contributed by atoms with E-state index in [4.69, 9.17) is 33.4 Å². The number of nitrogens with one attached hydrogen (secondary N) is 1. The second kappa shape index (κ2) is 7.63. The van der Waals surface area contributed by atoms with Crippen LogP contribution in [0.4, 0.5) is 5.69 Å². The van der Waals surface area contributed by atoms with E-state index in [1.807, 2.05) is 6.07 Å². The molecule has 2 aliphatic rings. The zero-order valence-corrected chi connectivity index (χ0v) is 13.5. The summed E-state index contributed by atoms with van der Waals surface area (Å²) in [7, 11) is 0. The van der Waals surface area contributed by atoms with Gasteiger partial charge in [-0.15, -0.1) is 0 Å². The first kappa shape index (κ1) is 17.5. The molecule has 2 saturated heterocycles. The minimum Gasteiger partial charge on any atom is -0.478 e. The first-order valence-corrected chi connectivity index (χ1v) is 7.55. The molecule has 2 fully saturated rings. The number of halogens is 2. The molecule has 124 valence electrons. The van der Waals surface area contributed by atoms with Crippen molar-refractivity contribution in [3.05, 3.63) is 34.6 Å². The highest BCUT2D eigenvalue weighted by atomic mass is 35.5. The van der Waals surface area contributed by atoms with Crippen LogP contribution in [0.3, 0.4) is 0 Å². The van der Waals surface area contributed by atoms with Crippen molar-refractivity contribution in [3.63, 3.8) is 0 Å². The van der Waals surface area contributed by atoms with Gasteiger partial charge in [-0.25, -0.2) is 14.6 Å². The van der Waals surface area contributed by atoms with Crippen LogP contribution < -0.4 is 10.2 Å². The van der Waals surface area contributed by atoms with E-state index in [1.54, 1.807) is 6.20 Å². The van der Waals surface area contributed by atoms with Crippen molar-refractivity contribution in [3.8, 4) is 0 Å². The summed E-state index contributed by atoms with van der Waals surface area (Å²) < 4.78 is 0. The van der Waals surface area contributed by atoms with Crippen LogP contribution in [-0.4, -0.2) is 52.8 Å². The summed E-state index contributed by atoms with van der Waals surface area (Å²) in [6.07, 6.45) is 2.91. The normalized spacial score (nSPS) is 22.1. The van der Waals surface area contributed by atoms with E-state index in [0.29, 0.717) is 28.4 Å². The fourth-order valence-electron chi connectivity index (χ4n) is 2.39. The highest BCUT2D eigenvalue weighted by Crippen LogP contribution is 2.30. The van der Waals surface area contributed by atoms with E-state index in [2.05, 4.69) is 15.2 Å². The second-order valence-electron chi connectivity index (χ2n) is 5.16. The van der Waals surface area contributed by atoms with Crippen LogP contribution in [0.5, 0.6) is 0 Å². The van der Waals surface area contributed by atoms with E-state index in [0.717, 1.165) is 31.2 Å². The fraction of sp³-hybridized carbons (Fsp3) is 0.357. The topological polar surface area (TPSA) is 103 Å². The van der Waals surface area contributed by atoms with Crippen LogP contribution in [-0.2, 0) is 9.59 Å². The van der Waals surface area contributed by atoms with Crippen molar-refractivity contribution in [1.82, 2.24) is 10.3 Å². The molecule has 0 radical (unpaired) electrons. The summed E-state index contributed by atoms with van der Waals surface area (Å²) in [5, 5.41) is 19.9. The highest BCUT2D eigenvalue weighted by Gasteiger charge is 2.39. The Labute approximate surface area is 142 Å². The standard InChI is InChI=1S/C10H11Cl2N3.C4H4O4/c11-8-1-7(3-14-10(8)12)15-4-6-2-13-9(6)5-15;5-3(6)1-2-4(7)8/h1,3,6,9,13H,2,4-5H2;1-2H,(H,5,6)(H,7,8)/b;2-1-/t6-,9+;/m0./s1. The van der Waals surface area contributed by atoms with E-state index >= 15 is 0 Å². The minimum absolute atomic E-state index is 0.376. The molecule has 1 aromatic heterocycles. The van der Waals surface area contributed by atoms with E-state index in [9.17, 15) is 9.59 Å². The van der Waals surface area contributed by atoms with Crippen LogP contribution in [0.15, 0.2) is 24.4 Å². The molecular weight excluding hydrogens is 345 g/mol. The molecule has 1 aromatic rings. The third-order valence-corrected chi connectivity index (χ3v) is 4.28. The third kappa shape index (κ3) is 4.82. The number of carbonyl (C=O) groups is 2. The summed E-state index contributed by atoms with van der Waals surface area (Å²) in [4.78, 5) is 25.5. The summed E-state index contributed by atoms with van der Waals surface area (Å²) in [6.45, 7) is 3.28. The number of nitrogens with zero attached hydrogens (tertiary/aromatic N) is 2. The Morgan fingerprint density at radius 3 is 2.30 bits per heavy atom. The molecule has 3 rings (SSSR count). The molecule has 0 amide bonds. The van der Waals surface area contributed by atoms with Gasteiger partial charge in [0.05, 0.1) is 16.9 Å². The Kier molecular flexibility index (Phi) is 5.81. The Hall–Kier alpha value is -1.83.